The number of rotatable bonds is 1. The van der Waals surface area contributed by atoms with E-state index in [-0.39, 0.29) is 11.7 Å². The summed E-state index contributed by atoms with van der Waals surface area (Å²) in [4.78, 5) is 11.7. The molecular weight excluding hydrogens is 206 g/mol. The van der Waals surface area contributed by atoms with Crippen molar-refractivity contribution >= 4 is 11.4 Å². The van der Waals surface area contributed by atoms with Crippen LogP contribution in [-0.4, -0.2) is 38.7 Å². The van der Waals surface area contributed by atoms with E-state index in [9.17, 15) is 4.79 Å². The van der Waals surface area contributed by atoms with Gasteiger partial charge in [0.2, 0.25) is 0 Å². The normalized spacial score (nSPS) is 21.5. The predicted molar refractivity (Wildman–Crippen MR) is 56.0 cm³/mol. The Hall–Kier alpha value is -1.82. The van der Waals surface area contributed by atoms with Crippen molar-refractivity contribution in [2.45, 2.75) is 12.3 Å². The van der Waals surface area contributed by atoms with E-state index >= 15 is 0 Å². The van der Waals surface area contributed by atoms with Crippen LogP contribution in [0.15, 0.2) is 18.5 Å². The third-order valence-corrected chi connectivity index (χ3v) is 2.82. The third kappa shape index (κ3) is 1.47. The molecule has 0 radical (unpaired) electrons. The van der Waals surface area contributed by atoms with E-state index in [1.165, 1.54) is 0 Å². The van der Waals surface area contributed by atoms with Gasteiger partial charge in [-0.1, -0.05) is 0 Å². The van der Waals surface area contributed by atoms with Gasteiger partial charge < -0.3 is 5.32 Å². The topological polar surface area (TPSA) is 72.2 Å². The van der Waals surface area contributed by atoms with Crippen LogP contribution < -0.4 is 5.32 Å². The number of fused-ring (bicyclic) bond motifs is 1. The number of Topliss-reactive ketones (excluding diaryl/α,β-unsaturated/α-hetero) is 1. The van der Waals surface area contributed by atoms with Gasteiger partial charge in [0.1, 0.15) is 12.1 Å². The lowest BCUT2D eigenvalue weighted by atomic mass is 9.94. The van der Waals surface area contributed by atoms with Crippen LogP contribution in [0.25, 0.3) is 5.65 Å². The SMILES string of the molecule is O=C1CCNCC1c1ccc2nncn2n1. The Balaban J connectivity index is 2.00. The number of carbonyl (C=O) groups is 1. The van der Waals surface area contributed by atoms with Gasteiger partial charge in [-0.3, -0.25) is 4.79 Å². The number of hydrogen-bond donors (Lipinski definition) is 1. The molecule has 3 rings (SSSR count). The van der Waals surface area contributed by atoms with Crippen molar-refractivity contribution in [1.82, 2.24) is 25.1 Å². The van der Waals surface area contributed by atoms with Gasteiger partial charge in [-0.05, 0) is 12.1 Å². The standard InChI is InChI=1S/C10H11N5O/c16-9-3-4-11-5-7(9)8-1-2-10-13-12-6-15(10)14-8/h1-2,6-7,11H,3-5H2. The summed E-state index contributed by atoms with van der Waals surface area (Å²) >= 11 is 0. The highest BCUT2D eigenvalue weighted by Crippen LogP contribution is 2.18. The number of carbonyl (C=O) groups excluding carboxylic acids is 1. The maximum Gasteiger partial charge on any atom is 0.177 e. The summed E-state index contributed by atoms with van der Waals surface area (Å²) in [5, 5.41) is 15.2. The summed E-state index contributed by atoms with van der Waals surface area (Å²) in [6, 6.07) is 3.68. The van der Waals surface area contributed by atoms with Gasteiger partial charge in [0.05, 0.1) is 11.6 Å². The van der Waals surface area contributed by atoms with Crippen LogP contribution in [0.2, 0.25) is 0 Å². The highest BCUT2D eigenvalue weighted by Gasteiger charge is 2.25. The molecule has 1 aliphatic heterocycles. The monoisotopic (exact) mass is 217 g/mol. The average Bonchev–Trinajstić information content (AvgIpc) is 2.76. The van der Waals surface area contributed by atoms with Gasteiger partial charge in [-0.25, -0.2) is 4.52 Å². The Morgan fingerprint density at radius 1 is 1.44 bits per heavy atom. The highest BCUT2D eigenvalue weighted by atomic mass is 16.1. The van der Waals surface area contributed by atoms with Crippen LogP contribution in [0.5, 0.6) is 0 Å². The minimum atomic E-state index is -0.138. The van der Waals surface area contributed by atoms with Gasteiger partial charge in [0.25, 0.3) is 0 Å². The summed E-state index contributed by atoms with van der Waals surface area (Å²) in [6.07, 6.45) is 2.12. The molecule has 1 aliphatic rings. The summed E-state index contributed by atoms with van der Waals surface area (Å²) in [7, 11) is 0. The molecule has 0 aromatic carbocycles. The van der Waals surface area contributed by atoms with Crippen molar-refractivity contribution in [3.05, 3.63) is 24.2 Å². The number of aromatic nitrogens is 4. The molecule has 0 amide bonds. The zero-order valence-corrected chi connectivity index (χ0v) is 8.63. The minimum absolute atomic E-state index is 0.138. The molecule has 0 saturated carbocycles. The number of nitrogens with zero attached hydrogens (tertiary/aromatic N) is 4. The van der Waals surface area contributed by atoms with E-state index in [1.807, 2.05) is 12.1 Å². The van der Waals surface area contributed by atoms with Crippen molar-refractivity contribution in [3.8, 4) is 0 Å². The molecule has 1 atom stereocenters. The van der Waals surface area contributed by atoms with E-state index in [4.69, 9.17) is 0 Å². The fraction of sp³-hybridized carbons (Fsp3) is 0.400. The average molecular weight is 217 g/mol. The Kier molecular flexibility index (Phi) is 2.14. The van der Waals surface area contributed by atoms with Gasteiger partial charge in [0.15, 0.2) is 5.65 Å². The zero-order valence-electron chi connectivity index (χ0n) is 8.63. The Labute approximate surface area is 91.7 Å². The van der Waals surface area contributed by atoms with Gasteiger partial charge in [-0.2, -0.15) is 5.10 Å². The summed E-state index contributed by atoms with van der Waals surface area (Å²) in [5.74, 6) is 0.110. The van der Waals surface area contributed by atoms with Crippen LogP contribution >= 0.6 is 0 Å². The van der Waals surface area contributed by atoms with Crippen molar-refractivity contribution < 1.29 is 4.79 Å². The quantitative estimate of drug-likeness (QED) is 0.714. The lowest BCUT2D eigenvalue weighted by molar-refractivity contribution is -0.121. The number of ketones is 1. The molecule has 82 valence electrons. The first-order valence-corrected chi connectivity index (χ1v) is 5.25. The summed E-state index contributed by atoms with van der Waals surface area (Å²) in [5.41, 5.74) is 1.48. The Bertz CT molecular complexity index is 535. The fourth-order valence-corrected chi connectivity index (χ4v) is 1.94. The maximum absolute atomic E-state index is 11.7. The molecule has 1 saturated heterocycles. The van der Waals surface area contributed by atoms with Crippen LogP contribution in [0.1, 0.15) is 18.0 Å². The zero-order chi connectivity index (χ0) is 11.0. The highest BCUT2D eigenvalue weighted by molar-refractivity contribution is 5.86. The molecule has 0 bridgehead atoms. The van der Waals surface area contributed by atoms with Gasteiger partial charge in [-0.15, -0.1) is 10.2 Å². The molecule has 3 heterocycles. The van der Waals surface area contributed by atoms with Crippen molar-refractivity contribution in [2.24, 2.45) is 0 Å². The smallest absolute Gasteiger partial charge is 0.177 e. The molecule has 16 heavy (non-hydrogen) atoms. The molecule has 6 nitrogen and oxygen atoms in total. The summed E-state index contributed by atoms with van der Waals surface area (Å²) in [6.45, 7) is 1.43. The van der Waals surface area contributed by atoms with Crippen molar-refractivity contribution in [1.29, 1.82) is 0 Å². The molecule has 2 aromatic heterocycles. The van der Waals surface area contributed by atoms with Crippen molar-refractivity contribution in [2.75, 3.05) is 13.1 Å². The second kappa shape index (κ2) is 3.64. The molecule has 1 fully saturated rings. The lowest BCUT2D eigenvalue weighted by Gasteiger charge is -2.20. The first-order chi connectivity index (χ1) is 7.84. The number of nitrogens with one attached hydrogen (secondary N) is 1. The largest absolute Gasteiger partial charge is 0.315 e. The second-order valence-electron chi connectivity index (χ2n) is 3.86. The molecule has 1 unspecified atom stereocenters. The maximum atomic E-state index is 11.7. The first-order valence-electron chi connectivity index (χ1n) is 5.25. The number of piperidine rings is 1. The van der Waals surface area contributed by atoms with Crippen LogP contribution in [0.4, 0.5) is 0 Å². The first kappa shape index (κ1) is 9.41. The predicted octanol–water partition coefficient (Wildman–Crippen LogP) is -0.230. The Morgan fingerprint density at radius 3 is 3.25 bits per heavy atom. The molecule has 0 spiro atoms. The summed E-state index contributed by atoms with van der Waals surface area (Å²) < 4.78 is 1.59. The van der Waals surface area contributed by atoms with Gasteiger partial charge >= 0.3 is 0 Å². The van der Waals surface area contributed by atoms with Crippen LogP contribution in [0, 0.1) is 0 Å². The number of hydrogen-bond acceptors (Lipinski definition) is 5. The Morgan fingerprint density at radius 2 is 2.38 bits per heavy atom. The van der Waals surface area contributed by atoms with Crippen LogP contribution in [0.3, 0.4) is 0 Å². The molecule has 6 heteroatoms. The molecule has 1 N–H and O–H groups in total. The fourth-order valence-electron chi connectivity index (χ4n) is 1.94. The third-order valence-electron chi connectivity index (χ3n) is 2.82. The van der Waals surface area contributed by atoms with Crippen molar-refractivity contribution in [3.63, 3.8) is 0 Å². The van der Waals surface area contributed by atoms with E-state index < -0.39 is 0 Å². The lowest BCUT2D eigenvalue weighted by Crippen LogP contribution is -2.35. The van der Waals surface area contributed by atoms with Gasteiger partial charge in [0, 0.05) is 19.5 Å². The molecular formula is C10H11N5O. The minimum Gasteiger partial charge on any atom is -0.315 e. The van der Waals surface area contributed by atoms with E-state index in [1.54, 1.807) is 10.8 Å². The van der Waals surface area contributed by atoms with E-state index in [0.29, 0.717) is 18.6 Å². The van der Waals surface area contributed by atoms with Crippen LogP contribution in [-0.2, 0) is 4.79 Å². The molecule has 2 aromatic rings. The molecule has 0 aliphatic carbocycles. The van der Waals surface area contributed by atoms with E-state index in [2.05, 4.69) is 20.6 Å². The second-order valence-corrected chi connectivity index (χ2v) is 3.86. The van der Waals surface area contributed by atoms with E-state index in [0.717, 1.165) is 12.2 Å².